The predicted molar refractivity (Wildman–Crippen MR) is 155 cm³/mol. The lowest BCUT2D eigenvalue weighted by molar-refractivity contribution is -0.141. The first-order valence-electron chi connectivity index (χ1n) is 14.0. The normalized spacial score (nSPS) is 28.5. The van der Waals surface area contributed by atoms with Gasteiger partial charge in [0, 0.05) is 34.7 Å². The lowest BCUT2D eigenvalue weighted by atomic mass is 9.68. The standard InChI is InChI=1S/C30H26F3N3O6S2/c1-42-18-9-12(5-6-17(18)37)20-21-15-11-16(24(21)43-26-25(20)44-29(41)35-26)23-22(15)27(39)36(28(23)40)8-7-19(38)34-14-4-2-3-13(10-14)30(31,32)33/h2-6,9-10,15-16,20-24,37H,7-8,11H2,1H3,(H,34,38)(H,35,41). The SMILES string of the molecule is COc1cc(C2c3sc(=O)[nH]c3SC3C4CC(C5C(=O)N(CCC(=O)Nc6cccc(C(F)(F)F)c6)C(=O)C45)C23)ccc1O. The number of phenolic OH excluding ortho intramolecular Hbond substituents is 1. The van der Waals surface area contributed by atoms with Crippen molar-refractivity contribution >= 4 is 46.5 Å². The molecule has 14 heteroatoms. The lowest BCUT2D eigenvalue weighted by Gasteiger charge is -2.43. The van der Waals surface area contributed by atoms with Crippen LogP contribution in [-0.4, -0.2) is 51.6 Å². The maximum atomic E-state index is 13.8. The van der Waals surface area contributed by atoms with Crippen molar-refractivity contribution in [1.29, 1.82) is 0 Å². The Labute approximate surface area is 256 Å². The zero-order chi connectivity index (χ0) is 31.1. The molecule has 3 aromatic rings. The predicted octanol–water partition coefficient (Wildman–Crippen LogP) is 4.67. The molecule has 2 aliphatic heterocycles. The van der Waals surface area contributed by atoms with Crippen LogP contribution < -0.4 is 14.9 Å². The fraction of sp³-hybridized carbons (Fsp3) is 0.400. The number of nitrogens with zero attached hydrogens (tertiary/aromatic N) is 1. The van der Waals surface area contributed by atoms with Gasteiger partial charge in [-0.1, -0.05) is 23.5 Å². The molecule has 3 amide bonds. The maximum absolute atomic E-state index is 13.8. The molecule has 9 nitrogen and oxygen atoms in total. The van der Waals surface area contributed by atoms with Crippen LogP contribution in [0.1, 0.15) is 34.8 Å². The molecule has 7 rings (SSSR count). The van der Waals surface area contributed by atoms with Crippen LogP contribution in [0, 0.1) is 29.6 Å². The van der Waals surface area contributed by atoms with Crippen LogP contribution in [0.3, 0.4) is 0 Å². The summed E-state index contributed by atoms with van der Waals surface area (Å²) in [5.74, 6) is -2.64. The summed E-state index contributed by atoms with van der Waals surface area (Å²) in [7, 11) is 1.46. The van der Waals surface area contributed by atoms with Crippen LogP contribution in [-0.2, 0) is 20.6 Å². The van der Waals surface area contributed by atoms with E-state index >= 15 is 0 Å². The Kier molecular flexibility index (Phi) is 6.85. The third-order valence-electron chi connectivity index (χ3n) is 9.41. The molecule has 2 aromatic carbocycles. The molecule has 1 aromatic heterocycles. The van der Waals surface area contributed by atoms with E-state index in [1.807, 2.05) is 0 Å². The molecule has 2 aliphatic carbocycles. The van der Waals surface area contributed by atoms with Crippen LogP contribution in [0.25, 0.3) is 0 Å². The Balaban J connectivity index is 1.12. The number of aromatic nitrogens is 1. The first-order valence-corrected chi connectivity index (χ1v) is 15.7. The molecule has 1 saturated heterocycles. The summed E-state index contributed by atoms with van der Waals surface area (Å²) in [6, 6.07) is 9.36. The van der Waals surface area contributed by atoms with E-state index in [1.165, 1.54) is 19.2 Å². The molecule has 7 unspecified atom stereocenters. The van der Waals surface area contributed by atoms with Gasteiger partial charge >= 0.3 is 11.0 Å². The molecule has 44 heavy (non-hydrogen) atoms. The van der Waals surface area contributed by atoms with Crippen molar-refractivity contribution < 1.29 is 37.4 Å². The number of thioether (sulfide) groups is 1. The van der Waals surface area contributed by atoms with E-state index in [-0.39, 0.29) is 70.0 Å². The number of hydrogen-bond acceptors (Lipinski definition) is 8. The quantitative estimate of drug-likeness (QED) is 0.333. The van der Waals surface area contributed by atoms with Crippen molar-refractivity contribution in [3.63, 3.8) is 0 Å². The first-order chi connectivity index (χ1) is 21.0. The number of methoxy groups -OCH3 is 1. The van der Waals surface area contributed by atoms with Crippen LogP contribution in [0.4, 0.5) is 18.9 Å². The van der Waals surface area contributed by atoms with Gasteiger partial charge in [-0.2, -0.15) is 13.2 Å². The monoisotopic (exact) mass is 645 g/mol. The number of fused-ring (bicyclic) bond motifs is 9. The summed E-state index contributed by atoms with van der Waals surface area (Å²) < 4.78 is 44.5. The molecule has 2 bridgehead atoms. The molecule has 3 fully saturated rings. The third-order valence-corrected chi connectivity index (χ3v) is 12.0. The number of aromatic hydroxyl groups is 1. The summed E-state index contributed by atoms with van der Waals surface area (Å²) in [5.41, 5.74) is -0.0805. The topological polar surface area (TPSA) is 129 Å². The highest BCUT2D eigenvalue weighted by atomic mass is 32.2. The Morgan fingerprint density at radius 1 is 1.11 bits per heavy atom. The molecule has 0 spiro atoms. The fourth-order valence-corrected chi connectivity index (χ4v) is 10.7. The van der Waals surface area contributed by atoms with E-state index in [2.05, 4.69) is 10.3 Å². The van der Waals surface area contributed by atoms with Gasteiger partial charge in [0.25, 0.3) is 0 Å². The number of phenols is 1. The average Bonchev–Trinajstić information content (AvgIpc) is 3.71. The summed E-state index contributed by atoms with van der Waals surface area (Å²) >= 11 is 2.67. The number of nitrogens with one attached hydrogen (secondary N) is 2. The minimum atomic E-state index is -4.56. The second kappa shape index (κ2) is 10.4. The van der Waals surface area contributed by atoms with E-state index < -0.39 is 29.5 Å². The number of likely N-dealkylation sites (tertiary alicyclic amines) is 1. The largest absolute Gasteiger partial charge is 0.504 e. The number of benzene rings is 2. The number of thiazole rings is 1. The number of halogens is 3. The fourth-order valence-electron chi connectivity index (χ4n) is 7.77. The number of rotatable bonds is 6. The molecule has 7 atom stereocenters. The number of alkyl halides is 3. The highest BCUT2D eigenvalue weighted by molar-refractivity contribution is 8.00. The number of anilines is 1. The number of hydrogen-bond donors (Lipinski definition) is 3. The summed E-state index contributed by atoms with van der Waals surface area (Å²) in [6.07, 6.45) is -4.13. The number of carbonyl (C=O) groups excluding carboxylic acids is 3. The smallest absolute Gasteiger partial charge is 0.416 e. The van der Waals surface area contributed by atoms with E-state index in [4.69, 9.17) is 4.74 Å². The van der Waals surface area contributed by atoms with Gasteiger partial charge in [-0.3, -0.25) is 24.1 Å². The Morgan fingerprint density at radius 3 is 2.59 bits per heavy atom. The van der Waals surface area contributed by atoms with E-state index in [0.717, 1.165) is 43.8 Å². The highest BCUT2D eigenvalue weighted by Gasteiger charge is 2.69. The number of imide groups is 1. The van der Waals surface area contributed by atoms with Gasteiger partial charge in [-0.05, 0) is 60.1 Å². The second-order valence-corrected chi connectivity index (χ2v) is 13.8. The van der Waals surface area contributed by atoms with Gasteiger partial charge in [0.15, 0.2) is 11.5 Å². The summed E-state index contributed by atoms with van der Waals surface area (Å²) in [4.78, 5) is 57.2. The molecule has 2 saturated carbocycles. The highest BCUT2D eigenvalue weighted by Crippen LogP contribution is 2.68. The van der Waals surface area contributed by atoms with Crippen molar-refractivity contribution in [3.05, 3.63) is 68.1 Å². The van der Waals surface area contributed by atoms with Crippen molar-refractivity contribution in [2.45, 2.75) is 35.2 Å². The van der Waals surface area contributed by atoms with Gasteiger partial charge in [0.1, 0.15) is 0 Å². The van der Waals surface area contributed by atoms with Crippen molar-refractivity contribution in [2.24, 2.45) is 29.6 Å². The lowest BCUT2D eigenvalue weighted by Crippen LogP contribution is -2.42. The minimum absolute atomic E-state index is 0.0160. The van der Waals surface area contributed by atoms with Crippen molar-refractivity contribution in [1.82, 2.24) is 9.88 Å². The summed E-state index contributed by atoms with van der Waals surface area (Å²) in [6.45, 7) is -0.170. The minimum Gasteiger partial charge on any atom is -0.504 e. The number of amides is 3. The van der Waals surface area contributed by atoms with E-state index in [9.17, 15) is 37.5 Å². The first kappa shape index (κ1) is 29.0. The number of carbonyl (C=O) groups is 3. The zero-order valence-electron chi connectivity index (χ0n) is 23.1. The average molecular weight is 646 g/mol. The number of H-pyrrole nitrogens is 1. The van der Waals surface area contributed by atoms with Gasteiger partial charge in [-0.15, -0.1) is 11.8 Å². The van der Waals surface area contributed by atoms with Crippen LogP contribution in [0.5, 0.6) is 11.5 Å². The van der Waals surface area contributed by atoms with Crippen molar-refractivity contribution in [3.8, 4) is 11.5 Å². The molecule has 0 radical (unpaired) electrons. The Morgan fingerprint density at radius 2 is 1.86 bits per heavy atom. The third kappa shape index (κ3) is 4.52. The molecular weight excluding hydrogens is 619 g/mol. The molecular formula is C30H26F3N3O6S2. The van der Waals surface area contributed by atoms with Crippen molar-refractivity contribution in [2.75, 3.05) is 19.0 Å². The molecule has 4 aliphatic rings. The molecule has 3 N–H and O–H groups in total. The molecule has 230 valence electrons. The van der Waals surface area contributed by atoms with Gasteiger partial charge < -0.3 is 20.1 Å². The number of aromatic amines is 1. The second-order valence-electron chi connectivity index (χ2n) is 11.6. The van der Waals surface area contributed by atoms with Gasteiger partial charge in [0.2, 0.25) is 17.7 Å². The van der Waals surface area contributed by atoms with Crippen LogP contribution >= 0.6 is 23.1 Å². The van der Waals surface area contributed by atoms with Crippen LogP contribution in [0.2, 0.25) is 0 Å². The van der Waals surface area contributed by atoms with Gasteiger partial charge in [-0.25, -0.2) is 0 Å². The van der Waals surface area contributed by atoms with E-state index in [1.54, 1.807) is 30.0 Å². The molecule has 3 heterocycles. The number of ether oxygens (including phenoxy) is 1. The van der Waals surface area contributed by atoms with Gasteiger partial charge in [0.05, 0.1) is 29.5 Å². The zero-order valence-corrected chi connectivity index (χ0v) is 24.7. The Hall–Kier alpha value is -3.78. The maximum Gasteiger partial charge on any atom is 0.416 e. The Bertz CT molecular complexity index is 1760. The van der Waals surface area contributed by atoms with E-state index in [0.29, 0.717) is 12.2 Å². The van der Waals surface area contributed by atoms with Crippen LogP contribution in [0.15, 0.2) is 52.3 Å². The summed E-state index contributed by atoms with van der Waals surface area (Å²) in [5, 5.41) is 13.4.